The minimum Gasteiger partial charge on any atom is -0.307 e. The van der Waals surface area contributed by atoms with E-state index in [1.807, 2.05) is 32.0 Å². The Kier molecular flexibility index (Phi) is 6.05. The number of imide groups is 1. The van der Waals surface area contributed by atoms with Gasteiger partial charge >= 0.3 is 0 Å². The third-order valence-corrected chi connectivity index (χ3v) is 5.89. The van der Waals surface area contributed by atoms with Crippen LogP contribution in [0.3, 0.4) is 0 Å². The van der Waals surface area contributed by atoms with Crippen molar-refractivity contribution in [3.63, 3.8) is 0 Å². The number of nitriles is 1. The number of benzene rings is 3. The Labute approximate surface area is 192 Å². The van der Waals surface area contributed by atoms with Crippen LogP contribution in [-0.4, -0.2) is 29.2 Å². The van der Waals surface area contributed by atoms with Gasteiger partial charge in [0.1, 0.15) is 0 Å². The van der Waals surface area contributed by atoms with E-state index in [9.17, 15) is 14.4 Å². The van der Waals surface area contributed by atoms with E-state index in [1.165, 1.54) is 4.90 Å². The molecular formula is C27H23N3O3. The first-order valence-corrected chi connectivity index (χ1v) is 10.7. The van der Waals surface area contributed by atoms with E-state index in [-0.39, 0.29) is 37.2 Å². The van der Waals surface area contributed by atoms with Crippen LogP contribution >= 0.6 is 0 Å². The fourth-order valence-electron chi connectivity index (χ4n) is 3.93. The van der Waals surface area contributed by atoms with Crippen molar-refractivity contribution >= 4 is 23.4 Å². The molecule has 4 rings (SSSR count). The number of fused-ring (bicyclic) bond motifs is 1. The summed E-state index contributed by atoms with van der Waals surface area (Å²) in [6.07, 6.45) is 0.202. The summed E-state index contributed by atoms with van der Waals surface area (Å²) in [7, 11) is 0. The fourth-order valence-corrected chi connectivity index (χ4v) is 3.93. The second-order valence-corrected chi connectivity index (χ2v) is 8.08. The topological polar surface area (TPSA) is 81.5 Å². The summed E-state index contributed by atoms with van der Waals surface area (Å²) in [5.41, 5.74) is 4.80. The lowest BCUT2D eigenvalue weighted by Crippen LogP contribution is -2.32. The highest BCUT2D eigenvalue weighted by Gasteiger charge is 2.35. The van der Waals surface area contributed by atoms with E-state index in [2.05, 4.69) is 6.07 Å². The van der Waals surface area contributed by atoms with E-state index in [0.29, 0.717) is 22.3 Å². The number of carbonyl (C=O) groups excluding carboxylic acids is 3. The smallest absolute Gasteiger partial charge is 0.261 e. The second kappa shape index (κ2) is 9.09. The van der Waals surface area contributed by atoms with Gasteiger partial charge in [0, 0.05) is 17.8 Å². The van der Waals surface area contributed by atoms with Crippen LogP contribution in [0, 0.1) is 25.2 Å². The van der Waals surface area contributed by atoms with Crippen molar-refractivity contribution in [2.45, 2.75) is 26.8 Å². The number of rotatable bonds is 6. The SMILES string of the molecule is Cc1ccc(N(CCC#N)C(=O)c2cccc(CN3C(=O)c4ccccc4C3=O)c2)cc1C. The predicted octanol–water partition coefficient (Wildman–Crippen LogP) is 4.66. The van der Waals surface area contributed by atoms with E-state index in [4.69, 9.17) is 5.26 Å². The number of hydrogen-bond donors (Lipinski definition) is 0. The van der Waals surface area contributed by atoms with Crippen LogP contribution in [0.25, 0.3) is 0 Å². The predicted molar refractivity (Wildman–Crippen MR) is 125 cm³/mol. The number of aryl methyl sites for hydroxylation is 2. The molecule has 0 fully saturated rings. The largest absolute Gasteiger partial charge is 0.307 e. The van der Waals surface area contributed by atoms with E-state index >= 15 is 0 Å². The molecule has 6 heteroatoms. The molecule has 1 aliphatic rings. The van der Waals surface area contributed by atoms with Crippen LogP contribution in [0.2, 0.25) is 0 Å². The summed E-state index contributed by atoms with van der Waals surface area (Å²) in [6.45, 7) is 4.33. The molecule has 0 aromatic heterocycles. The van der Waals surface area contributed by atoms with Gasteiger partial charge in [-0.2, -0.15) is 5.26 Å². The Hall–Kier alpha value is -4.24. The van der Waals surface area contributed by atoms with Gasteiger partial charge in [-0.1, -0.05) is 30.3 Å². The van der Waals surface area contributed by atoms with Gasteiger partial charge in [-0.25, -0.2) is 0 Å². The number of anilines is 1. The minimum atomic E-state index is -0.335. The Bertz CT molecular complexity index is 1270. The molecule has 3 aromatic rings. The molecule has 33 heavy (non-hydrogen) atoms. The maximum Gasteiger partial charge on any atom is 0.261 e. The zero-order valence-corrected chi connectivity index (χ0v) is 18.5. The third-order valence-electron chi connectivity index (χ3n) is 5.89. The molecule has 0 aliphatic carbocycles. The van der Waals surface area contributed by atoms with E-state index in [1.54, 1.807) is 53.4 Å². The second-order valence-electron chi connectivity index (χ2n) is 8.08. The van der Waals surface area contributed by atoms with Crippen LogP contribution in [-0.2, 0) is 6.54 Å². The van der Waals surface area contributed by atoms with Crippen molar-refractivity contribution in [1.82, 2.24) is 4.90 Å². The minimum absolute atomic E-state index is 0.0787. The van der Waals surface area contributed by atoms with Crippen LogP contribution in [0.15, 0.2) is 66.7 Å². The molecule has 0 saturated carbocycles. The zero-order chi connectivity index (χ0) is 23.5. The molecule has 0 unspecified atom stereocenters. The molecule has 3 amide bonds. The average Bonchev–Trinajstić information content (AvgIpc) is 3.06. The summed E-state index contributed by atoms with van der Waals surface area (Å²) in [5, 5.41) is 9.08. The van der Waals surface area contributed by atoms with Gasteiger partial charge in [0.05, 0.1) is 30.2 Å². The molecule has 3 aromatic carbocycles. The first kappa shape index (κ1) is 22.0. The zero-order valence-electron chi connectivity index (χ0n) is 18.5. The summed E-state index contributed by atoms with van der Waals surface area (Å²) >= 11 is 0. The summed E-state index contributed by atoms with van der Waals surface area (Å²) < 4.78 is 0. The molecule has 0 saturated heterocycles. The van der Waals surface area contributed by atoms with Crippen molar-refractivity contribution in [3.05, 3.63) is 100 Å². The molecule has 6 nitrogen and oxygen atoms in total. The average molecular weight is 437 g/mol. The van der Waals surface area contributed by atoms with Gasteiger partial charge in [0.25, 0.3) is 17.7 Å². The van der Waals surface area contributed by atoms with Crippen LogP contribution < -0.4 is 4.90 Å². The van der Waals surface area contributed by atoms with Crippen molar-refractivity contribution in [1.29, 1.82) is 5.26 Å². The first-order valence-electron chi connectivity index (χ1n) is 10.7. The molecule has 0 bridgehead atoms. The van der Waals surface area contributed by atoms with Gasteiger partial charge in [0.15, 0.2) is 0 Å². The lowest BCUT2D eigenvalue weighted by Gasteiger charge is -2.23. The van der Waals surface area contributed by atoms with Gasteiger partial charge < -0.3 is 4.90 Å². The lowest BCUT2D eigenvalue weighted by molar-refractivity contribution is 0.0642. The maximum atomic E-state index is 13.4. The highest BCUT2D eigenvalue weighted by molar-refractivity contribution is 6.21. The Balaban J connectivity index is 1.60. The molecule has 0 radical (unpaired) electrons. The van der Waals surface area contributed by atoms with Crippen LogP contribution in [0.4, 0.5) is 5.69 Å². The monoisotopic (exact) mass is 437 g/mol. The number of carbonyl (C=O) groups is 3. The normalized spacial score (nSPS) is 12.5. The van der Waals surface area contributed by atoms with Crippen LogP contribution in [0.1, 0.15) is 54.2 Å². The highest BCUT2D eigenvalue weighted by Crippen LogP contribution is 2.25. The summed E-state index contributed by atoms with van der Waals surface area (Å²) in [5.74, 6) is -0.908. The molecule has 1 aliphatic heterocycles. The van der Waals surface area contributed by atoms with Crippen molar-refractivity contribution in [2.75, 3.05) is 11.4 Å². The third kappa shape index (κ3) is 4.26. The standard InChI is InChI=1S/C27H23N3O3/c1-18-11-12-22(15-19(18)2)29(14-6-13-28)25(31)21-8-5-7-20(16-21)17-30-26(32)23-9-3-4-10-24(23)27(30)33/h3-5,7-12,15-16H,6,14,17H2,1-2H3. The van der Waals surface area contributed by atoms with Gasteiger partial charge in [-0.15, -0.1) is 0 Å². The number of amides is 3. The molecule has 164 valence electrons. The summed E-state index contributed by atoms with van der Waals surface area (Å²) in [4.78, 5) is 41.6. The van der Waals surface area contributed by atoms with Crippen molar-refractivity contribution < 1.29 is 14.4 Å². The maximum absolute atomic E-state index is 13.4. The Morgan fingerprint density at radius 3 is 2.24 bits per heavy atom. The number of hydrogen-bond acceptors (Lipinski definition) is 4. The van der Waals surface area contributed by atoms with Crippen molar-refractivity contribution in [3.8, 4) is 6.07 Å². The first-order chi connectivity index (χ1) is 15.9. The van der Waals surface area contributed by atoms with Crippen molar-refractivity contribution in [2.24, 2.45) is 0 Å². The lowest BCUT2D eigenvalue weighted by atomic mass is 10.1. The van der Waals surface area contributed by atoms with Crippen LogP contribution in [0.5, 0.6) is 0 Å². The highest BCUT2D eigenvalue weighted by atomic mass is 16.2. The van der Waals surface area contributed by atoms with E-state index in [0.717, 1.165) is 16.8 Å². The molecule has 1 heterocycles. The molecule has 0 atom stereocenters. The van der Waals surface area contributed by atoms with Gasteiger partial charge in [-0.05, 0) is 66.9 Å². The van der Waals surface area contributed by atoms with Gasteiger partial charge in [0.2, 0.25) is 0 Å². The van der Waals surface area contributed by atoms with Gasteiger partial charge in [-0.3, -0.25) is 19.3 Å². The van der Waals surface area contributed by atoms with E-state index < -0.39 is 0 Å². The molecule has 0 N–H and O–H groups in total. The number of nitrogens with zero attached hydrogens (tertiary/aromatic N) is 3. The fraction of sp³-hybridized carbons (Fsp3) is 0.185. The summed E-state index contributed by atoms with van der Waals surface area (Å²) in [6, 6.07) is 21.6. The molecular weight excluding hydrogens is 414 g/mol. The Morgan fingerprint density at radius 2 is 1.61 bits per heavy atom. The Morgan fingerprint density at radius 1 is 0.909 bits per heavy atom. The quantitative estimate of drug-likeness (QED) is 0.525. The molecule has 0 spiro atoms.